The molecule has 6 heteroatoms. The summed E-state index contributed by atoms with van der Waals surface area (Å²) in [6.07, 6.45) is 0. The Labute approximate surface area is 85.6 Å². The molecule has 0 heterocycles. The summed E-state index contributed by atoms with van der Waals surface area (Å²) in [5, 5.41) is 5.91. The Balaban J connectivity index is -0.000000143. The van der Waals surface area contributed by atoms with E-state index in [-0.39, 0.29) is 24.0 Å². The Kier molecular flexibility index (Phi) is 22.5. The zero-order valence-corrected chi connectivity index (χ0v) is 10.5. The van der Waals surface area contributed by atoms with Crippen LogP contribution in [0.4, 0.5) is 0 Å². The van der Waals surface area contributed by atoms with Crippen LogP contribution in [0.3, 0.4) is 0 Å². The summed E-state index contributed by atoms with van der Waals surface area (Å²) in [7, 11) is 6.51. The molecule has 0 saturated heterocycles. The summed E-state index contributed by atoms with van der Waals surface area (Å²) in [6, 6.07) is 0. The fourth-order valence-electron chi connectivity index (χ4n) is 0.183. The van der Waals surface area contributed by atoms with Gasteiger partial charge < -0.3 is 9.05 Å². The second-order valence-corrected chi connectivity index (χ2v) is 5.42. The molecule has 0 aliphatic carbocycles. The summed E-state index contributed by atoms with van der Waals surface area (Å²) in [6.45, 7) is 4.02. The third-order valence-electron chi connectivity index (χ3n) is 1.18. The Morgan fingerprint density at radius 1 is 0.846 bits per heavy atom. The number of nitrogens with one attached hydrogen (secondary N) is 2. The summed E-state index contributed by atoms with van der Waals surface area (Å²) in [5.41, 5.74) is 0. The van der Waals surface area contributed by atoms with Gasteiger partial charge in [0, 0.05) is 14.2 Å². The molecule has 0 rings (SSSR count). The monoisotopic (exact) mass is 230 g/mol. The molecule has 0 amide bonds. The van der Waals surface area contributed by atoms with Crippen molar-refractivity contribution in [2.45, 2.75) is 7.43 Å². The first-order valence-electron chi connectivity index (χ1n) is 3.52. The van der Waals surface area contributed by atoms with Crippen LogP contribution in [0.15, 0.2) is 0 Å². The van der Waals surface area contributed by atoms with Crippen LogP contribution in [0.2, 0.25) is 0 Å². The number of hydrogen-bond donors (Lipinski definition) is 2. The van der Waals surface area contributed by atoms with Crippen LogP contribution < -0.4 is 10.2 Å². The minimum Gasteiger partial charge on any atom is -0.347 e. The van der Waals surface area contributed by atoms with E-state index in [1.54, 1.807) is 14.2 Å². The maximum atomic E-state index is 4.85. The van der Waals surface area contributed by atoms with Crippen molar-refractivity contribution in [1.82, 2.24) is 10.2 Å². The molecule has 0 spiro atoms. The topological polar surface area (TPSA) is 42.5 Å². The molecule has 0 bridgehead atoms. The zero-order chi connectivity index (χ0) is 9.98. The first kappa shape index (κ1) is 19.3. The molecule has 0 aliphatic rings. The van der Waals surface area contributed by atoms with E-state index in [0.29, 0.717) is 0 Å². The highest BCUT2D eigenvalue weighted by molar-refractivity contribution is 7.49. The standard InChI is InChI=1S/2C3H10NOP.CH4/c2*1-4-6(3)5-2;/h2*4H,1-3H3;1H4. The highest BCUT2D eigenvalue weighted by Crippen LogP contribution is 2.22. The Bertz CT molecular complexity index is 70.9. The van der Waals surface area contributed by atoms with E-state index in [9.17, 15) is 0 Å². The van der Waals surface area contributed by atoms with Crippen molar-refractivity contribution in [2.75, 3.05) is 41.6 Å². The zero-order valence-electron chi connectivity index (χ0n) is 8.71. The third kappa shape index (κ3) is 19.2. The molecule has 13 heavy (non-hydrogen) atoms. The van der Waals surface area contributed by atoms with Gasteiger partial charge in [0.25, 0.3) is 0 Å². The highest BCUT2D eigenvalue weighted by Gasteiger charge is 1.87. The average Bonchev–Trinajstić information content (AvgIpc) is 2.16. The third-order valence-corrected chi connectivity index (χ3v) is 3.53. The largest absolute Gasteiger partial charge is 0.347 e. The predicted molar refractivity (Wildman–Crippen MR) is 64.6 cm³/mol. The fraction of sp³-hybridized carbons (Fsp3) is 1.00. The van der Waals surface area contributed by atoms with E-state index in [1.807, 2.05) is 27.4 Å². The lowest BCUT2D eigenvalue weighted by molar-refractivity contribution is 0.459. The van der Waals surface area contributed by atoms with Gasteiger partial charge in [-0.2, -0.15) is 0 Å². The highest BCUT2D eigenvalue weighted by atomic mass is 31.2. The second-order valence-electron chi connectivity index (χ2n) is 1.81. The minimum atomic E-state index is -0.326. The molecule has 0 fully saturated rings. The predicted octanol–water partition coefficient (Wildman–Crippen LogP) is 2.22. The molecule has 0 radical (unpaired) electrons. The summed E-state index contributed by atoms with van der Waals surface area (Å²) < 4.78 is 9.71. The lowest BCUT2D eigenvalue weighted by atomic mass is 11.6. The SMILES string of the molecule is C.CNP(C)OC.CNP(C)OC. The molecule has 2 N–H and O–H groups in total. The van der Waals surface area contributed by atoms with E-state index in [2.05, 4.69) is 10.2 Å². The number of rotatable bonds is 4. The number of hydrogen-bond acceptors (Lipinski definition) is 4. The fourth-order valence-corrected chi connectivity index (χ4v) is 0.548. The van der Waals surface area contributed by atoms with Crippen molar-refractivity contribution in [3.8, 4) is 0 Å². The average molecular weight is 230 g/mol. The smallest absolute Gasteiger partial charge is 0.0971 e. The molecule has 0 aliphatic heterocycles. The van der Waals surface area contributed by atoms with Crippen LogP contribution in [0.25, 0.3) is 0 Å². The maximum Gasteiger partial charge on any atom is 0.0971 e. The van der Waals surface area contributed by atoms with Gasteiger partial charge in [-0.25, -0.2) is 0 Å². The van der Waals surface area contributed by atoms with E-state index in [1.165, 1.54) is 0 Å². The van der Waals surface area contributed by atoms with Gasteiger partial charge in [0.2, 0.25) is 0 Å². The van der Waals surface area contributed by atoms with Crippen LogP contribution in [0, 0.1) is 0 Å². The van der Waals surface area contributed by atoms with Crippen LogP contribution in [0.5, 0.6) is 0 Å². The lowest BCUT2D eigenvalue weighted by Crippen LogP contribution is -1.95. The van der Waals surface area contributed by atoms with E-state index >= 15 is 0 Å². The van der Waals surface area contributed by atoms with Crippen LogP contribution in [-0.4, -0.2) is 41.6 Å². The summed E-state index contributed by atoms with van der Waals surface area (Å²) in [4.78, 5) is 0. The van der Waals surface area contributed by atoms with Gasteiger partial charge in [-0.05, 0) is 27.4 Å². The Morgan fingerprint density at radius 3 is 1.08 bits per heavy atom. The van der Waals surface area contributed by atoms with Crippen LogP contribution in [0.1, 0.15) is 7.43 Å². The molecule has 0 aromatic rings. The second kappa shape index (κ2) is 15.2. The van der Waals surface area contributed by atoms with Gasteiger partial charge in [0.1, 0.15) is 0 Å². The first-order chi connectivity index (χ1) is 5.62. The van der Waals surface area contributed by atoms with Gasteiger partial charge in [-0.1, -0.05) is 7.43 Å². The molecular formula is C7H24N2O2P2. The quantitative estimate of drug-likeness (QED) is 0.727. The van der Waals surface area contributed by atoms with Crippen molar-refractivity contribution in [1.29, 1.82) is 0 Å². The molecule has 0 aromatic heterocycles. The van der Waals surface area contributed by atoms with Crippen molar-refractivity contribution < 1.29 is 9.05 Å². The molecule has 0 aromatic carbocycles. The van der Waals surface area contributed by atoms with Crippen molar-refractivity contribution in [2.24, 2.45) is 0 Å². The molecular weight excluding hydrogens is 206 g/mol. The Morgan fingerprint density at radius 2 is 1.08 bits per heavy atom. The Hall–Kier alpha value is 0.700. The first-order valence-corrected chi connectivity index (χ1v) is 6.94. The molecule has 84 valence electrons. The summed E-state index contributed by atoms with van der Waals surface area (Å²) >= 11 is 0. The van der Waals surface area contributed by atoms with Crippen molar-refractivity contribution in [3.05, 3.63) is 0 Å². The van der Waals surface area contributed by atoms with Crippen molar-refractivity contribution >= 4 is 16.6 Å². The van der Waals surface area contributed by atoms with Crippen LogP contribution >= 0.6 is 16.6 Å². The van der Waals surface area contributed by atoms with Gasteiger partial charge in [0.05, 0.1) is 16.6 Å². The van der Waals surface area contributed by atoms with Crippen LogP contribution in [-0.2, 0) is 9.05 Å². The molecule has 0 saturated carbocycles. The van der Waals surface area contributed by atoms with Crippen molar-refractivity contribution in [3.63, 3.8) is 0 Å². The van der Waals surface area contributed by atoms with Gasteiger partial charge in [-0.15, -0.1) is 0 Å². The molecule has 2 unspecified atom stereocenters. The lowest BCUT2D eigenvalue weighted by Gasteiger charge is -2.03. The minimum absolute atomic E-state index is 0. The van der Waals surface area contributed by atoms with E-state index < -0.39 is 0 Å². The van der Waals surface area contributed by atoms with Gasteiger partial charge in [-0.3, -0.25) is 10.2 Å². The summed E-state index contributed by atoms with van der Waals surface area (Å²) in [5.74, 6) is 0. The van der Waals surface area contributed by atoms with E-state index in [0.717, 1.165) is 0 Å². The molecule has 4 nitrogen and oxygen atoms in total. The van der Waals surface area contributed by atoms with Gasteiger partial charge >= 0.3 is 0 Å². The van der Waals surface area contributed by atoms with E-state index in [4.69, 9.17) is 9.05 Å². The maximum absolute atomic E-state index is 4.85. The molecule has 2 atom stereocenters. The van der Waals surface area contributed by atoms with Gasteiger partial charge in [0.15, 0.2) is 0 Å². The normalized spacial score (nSPS) is 13.4.